The number of ether oxygens (including phenoxy) is 5. The number of aliphatic hydroxyl groups is 9. The molecule has 2 saturated heterocycles. The van der Waals surface area contributed by atoms with Crippen LogP contribution in [0.15, 0.2) is 11.6 Å². The number of hydrogen-bond donors (Lipinski definition) is 9. The highest BCUT2D eigenvalue weighted by molar-refractivity contribution is 5.85. The summed E-state index contributed by atoms with van der Waals surface area (Å²) >= 11 is 0. The highest BCUT2D eigenvalue weighted by Crippen LogP contribution is 2.70. The van der Waals surface area contributed by atoms with Crippen LogP contribution in [0.4, 0.5) is 0 Å². The Hall–Kier alpha value is -1.31. The minimum absolute atomic E-state index is 0.0887. The molecule has 19 atom stereocenters. The topological polar surface area (TPSA) is 245 Å². The first-order valence-corrected chi connectivity index (χ1v) is 18.1. The largest absolute Gasteiger partial charge is 0.458 e. The van der Waals surface area contributed by atoms with Gasteiger partial charge in [-0.3, -0.25) is 0 Å². The third-order valence-electron chi connectivity index (χ3n) is 14.3. The van der Waals surface area contributed by atoms with E-state index in [4.69, 9.17) is 23.7 Å². The van der Waals surface area contributed by atoms with Crippen molar-refractivity contribution in [3.8, 4) is 0 Å². The Balaban J connectivity index is 1.02. The van der Waals surface area contributed by atoms with Crippen molar-refractivity contribution < 1.29 is 74.4 Å². The number of carbonyl (C=O) groups is 1. The average molecular weight is 715 g/mol. The van der Waals surface area contributed by atoms with Crippen LogP contribution in [-0.2, 0) is 28.5 Å². The van der Waals surface area contributed by atoms with E-state index in [2.05, 4.69) is 0 Å². The maximum absolute atomic E-state index is 12.5. The number of carbonyl (C=O) groups excluding carboxylic acids is 1. The van der Waals surface area contributed by atoms with Crippen LogP contribution < -0.4 is 0 Å². The zero-order valence-corrected chi connectivity index (χ0v) is 28.8. The third kappa shape index (κ3) is 5.45. The van der Waals surface area contributed by atoms with Crippen molar-refractivity contribution >= 4 is 5.97 Å². The summed E-state index contributed by atoms with van der Waals surface area (Å²) in [5.74, 6) is -1.11. The molecule has 7 aliphatic rings. The molecule has 15 heteroatoms. The first-order valence-electron chi connectivity index (χ1n) is 18.1. The number of cyclic esters (lactones) is 1. The molecule has 15 nitrogen and oxygen atoms in total. The van der Waals surface area contributed by atoms with Crippen molar-refractivity contribution in [1.29, 1.82) is 0 Å². The van der Waals surface area contributed by atoms with Gasteiger partial charge in [0.2, 0.25) is 0 Å². The van der Waals surface area contributed by atoms with E-state index in [9.17, 15) is 50.8 Å². The summed E-state index contributed by atoms with van der Waals surface area (Å²) in [4.78, 5) is 11.9. The monoisotopic (exact) mass is 714 g/mol. The fraction of sp³-hybridized carbons (Fsp3) is 0.914. The molecule has 0 aromatic carbocycles. The molecule has 9 N–H and O–H groups in total. The maximum Gasteiger partial charge on any atom is 0.331 e. The average Bonchev–Trinajstić information content (AvgIpc) is 3.61. The number of hydrogen-bond acceptors (Lipinski definition) is 15. The molecule has 0 spiro atoms. The number of aliphatic hydroxyl groups excluding tert-OH is 7. The van der Waals surface area contributed by atoms with Crippen LogP contribution >= 0.6 is 0 Å². The summed E-state index contributed by atoms with van der Waals surface area (Å²) in [5, 5.41) is 98.9. The van der Waals surface area contributed by atoms with Gasteiger partial charge in [-0.25, -0.2) is 4.79 Å². The Kier molecular flexibility index (Phi) is 9.57. The SMILES string of the molecule is C[C@H]1O[C@@H](O[C@H]2CC[C@]3(C)[C@H]4[C@H](O)C[C@]5(C)[C@@H](C6=CC(=O)OC6)CC[C@]5(O)[C@@H]4CC[C@]3(O)C2)[C@@H](O)[C@@H](O)[C@H]1O[C@@H]1O[C@@H](CO)[C@@H](O)[C@H](O)[C@@H]1O. The minimum Gasteiger partial charge on any atom is -0.458 e. The first kappa shape index (κ1) is 37.0. The van der Waals surface area contributed by atoms with Crippen LogP contribution in [0, 0.1) is 28.6 Å². The minimum atomic E-state index is -1.71. The lowest BCUT2D eigenvalue weighted by Gasteiger charge is -2.67. The number of fused-ring (bicyclic) bond motifs is 5. The predicted octanol–water partition coefficient (Wildman–Crippen LogP) is -1.63. The summed E-state index contributed by atoms with van der Waals surface area (Å²) in [6.07, 6.45) is -10.6. The second kappa shape index (κ2) is 12.9. The molecule has 0 aromatic rings. The molecule has 50 heavy (non-hydrogen) atoms. The fourth-order valence-corrected chi connectivity index (χ4v) is 11.4. The van der Waals surface area contributed by atoms with Crippen LogP contribution in [-0.4, -0.2) is 150 Å². The van der Waals surface area contributed by atoms with Gasteiger partial charge in [-0.1, -0.05) is 13.8 Å². The van der Waals surface area contributed by atoms with Gasteiger partial charge >= 0.3 is 5.97 Å². The van der Waals surface area contributed by atoms with Gasteiger partial charge in [0.1, 0.15) is 49.3 Å². The molecule has 3 heterocycles. The molecule has 3 aliphatic heterocycles. The van der Waals surface area contributed by atoms with Gasteiger partial charge in [-0.2, -0.15) is 0 Å². The van der Waals surface area contributed by atoms with E-state index in [-0.39, 0.29) is 36.8 Å². The van der Waals surface area contributed by atoms with Crippen molar-refractivity contribution in [3.05, 3.63) is 11.6 Å². The van der Waals surface area contributed by atoms with E-state index < -0.39 is 102 Å². The second-order valence-electron chi connectivity index (χ2n) is 16.6. The van der Waals surface area contributed by atoms with Crippen molar-refractivity contribution in [2.24, 2.45) is 28.6 Å². The molecule has 7 rings (SSSR count). The summed E-state index contributed by atoms with van der Waals surface area (Å²) in [6, 6.07) is 0. The molecule has 0 radical (unpaired) electrons. The number of esters is 1. The van der Waals surface area contributed by atoms with Gasteiger partial charge < -0.3 is 69.6 Å². The lowest BCUT2D eigenvalue weighted by molar-refractivity contribution is -0.362. The van der Waals surface area contributed by atoms with E-state index in [1.165, 1.54) is 6.08 Å². The molecular weight excluding hydrogens is 660 g/mol. The van der Waals surface area contributed by atoms with Gasteiger partial charge in [0.25, 0.3) is 0 Å². The van der Waals surface area contributed by atoms with Gasteiger partial charge in [-0.05, 0) is 75.2 Å². The van der Waals surface area contributed by atoms with Gasteiger partial charge in [-0.15, -0.1) is 0 Å². The van der Waals surface area contributed by atoms with Crippen molar-refractivity contribution in [2.75, 3.05) is 13.2 Å². The van der Waals surface area contributed by atoms with Crippen LogP contribution in [0.5, 0.6) is 0 Å². The van der Waals surface area contributed by atoms with Crippen LogP contribution in [0.2, 0.25) is 0 Å². The van der Waals surface area contributed by atoms with Gasteiger partial charge in [0.15, 0.2) is 12.6 Å². The maximum atomic E-state index is 12.5. The molecule has 4 saturated carbocycles. The smallest absolute Gasteiger partial charge is 0.331 e. The van der Waals surface area contributed by atoms with Gasteiger partial charge in [0, 0.05) is 23.3 Å². The Labute approximate surface area is 290 Å². The Morgan fingerprint density at radius 3 is 2.20 bits per heavy atom. The molecular formula is C35H54O15. The van der Waals surface area contributed by atoms with Crippen molar-refractivity contribution in [2.45, 2.75) is 157 Å². The molecule has 0 amide bonds. The highest BCUT2D eigenvalue weighted by atomic mass is 16.7. The second-order valence-corrected chi connectivity index (χ2v) is 16.6. The fourth-order valence-electron chi connectivity index (χ4n) is 11.4. The molecule has 0 bridgehead atoms. The summed E-state index contributed by atoms with van der Waals surface area (Å²) < 4.78 is 28.5. The quantitative estimate of drug-likeness (QED) is 0.111. The first-order chi connectivity index (χ1) is 23.5. The summed E-state index contributed by atoms with van der Waals surface area (Å²) in [5.41, 5.74) is -2.89. The van der Waals surface area contributed by atoms with E-state index in [1.54, 1.807) is 6.92 Å². The summed E-state index contributed by atoms with van der Waals surface area (Å²) in [7, 11) is 0. The molecule has 6 fully saturated rings. The van der Waals surface area contributed by atoms with Crippen LogP contribution in [0.1, 0.15) is 72.1 Å². The molecule has 284 valence electrons. The lowest BCUT2D eigenvalue weighted by Crippen LogP contribution is -2.71. The van der Waals surface area contributed by atoms with E-state index in [0.29, 0.717) is 44.9 Å². The highest BCUT2D eigenvalue weighted by Gasteiger charge is 2.72. The Bertz CT molecular complexity index is 1330. The van der Waals surface area contributed by atoms with E-state index >= 15 is 0 Å². The Morgan fingerprint density at radius 2 is 1.52 bits per heavy atom. The molecule has 0 unspecified atom stereocenters. The molecule has 0 aromatic heterocycles. The van der Waals surface area contributed by atoms with Gasteiger partial charge in [0.05, 0.1) is 36.1 Å². The molecule has 4 aliphatic carbocycles. The van der Waals surface area contributed by atoms with Crippen LogP contribution in [0.25, 0.3) is 0 Å². The van der Waals surface area contributed by atoms with Crippen molar-refractivity contribution in [3.63, 3.8) is 0 Å². The normalized spacial score (nSPS) is 56.6. The summed E-state index contributed by atoms with van der Waals surface area (Å²) in [6.45, 7) is 5.13. The predicted molar refractivity (Wildman–Crippen MR) is 168 cm³/mol. The zero-order chi connectivity index (χ0) is 36.1. The lowest BCUT2D eigenvalue weighted by atomic mass is 9.41. The standard InChI is InChI=1S/C35H54O15/c1-15-29(50-31-27(42)25(40)24(39)21(13-36)49-31)26(41)28(43)30(47-15)48-17-4-7-32(2)23-19(5-8-34(32,44)11-17)35(45)9-6-18(16-10-22(38)46-14-16)33(35,3)12-20(23)37/h10,15,17-21,23-31,36-37,39-45H,4-9,11-14H2,1-3H3/t15-,17+,18-,19-,20-,21+,23-,24-,25+,26-,27+,28+,29+,30+,31+,32-,33-,34+,35+/m1/s1. The number of rotatable bonds is 6. The zero-order valence-electron chi connectivity index (χ0n) is 28.8. The third-order valence-corrected chi connectivity index (χ3v) is 14.3. The van der Waals surface area contributed by atoms with Crippen LogP contribution in [0.3, 0.4) is 0 Å². The van der Waals surface area contributed by atoms with Crippen molar-refractivity contribution in [1.82, 2.24) is 0 Å². The van der Waals surface area contributed by atoms with E-state index in [0.717, 1.165) is 5.57 Å². The van der Waals surface area contributed by atoms with E-state index in [1.807, 2.05) is 13.8 Å². The Morgan fingerprint density at radius 1 is 0.820 bits per heavy atom.